The van der Waals surface area contributed by atoms with Crippen molar-refractivity contribution >= 4 is 5.91 Å². The van der Waals surface area contributed by atoms with E-state index in [4.69, 9.17) is 4.52 Å². The minimum absolute atomic E-state index is 0.120. The summed E-state index contributed by atoms with van der Waals surface area (Å²) in [6.07, 6.45) is 0.298. The van der Waals surface area contributed by atoms with Gasteiger partial charge in [0.1, 0.15) is 6.10 Å². The lowest BCUT2D eigenvalue weighted by molar-refractivity contribution is -0.0280. The van der Waals surface area contributed by atoms with Gasteiger partial charge in [0.15, 0.2) is 0 Å². The SMILES string of the molecule is Cc1cc(C(=O)N[C@@H]2CCC[C@@H](O)[C@@H]2O)on1. The maximum Gasteiger partial charge on any atom is 0.290 e. The van der Waals surface area contributed by atoms with E-state index in [-0.39, 0.29) is 5.76 Å². The molecule has 1 heterocycles. The summed E-state index contributed by atoms with van der Waals surface area (Å²) in [4.78, 5) is 11.7. The zero-order valence-electron chi connectivity index (χ0n) is 9.59. The predicted octanol–water partition coefficient (Wildman–Crippen LogP) is -0.0129. The van der Waals surface area contributed by atoms with Crippen LogP contribution in [0.1, 0.15) is 35.5 Å². The Kier molecular flexibility index (Phi) is 3.44. The first-order valence-corrected chi connectivity index (χ1v) is 5.68. The molecule has 3 N–H and O–H groups in total. The second-order valence-corrected chi connectivity index (χ2v) is 4.40. The van der Waals surface area contributed by atoms with Gasteiger partial charge >= 0.3 is 0 Å². The molecule has 1 saturated carbocycles. The molecule has 0 aliphatic heterocycles. The van der Waals surface area contributed by atoms with Crippen LogP contribution in [0.4, 0.5) is 0 Å². The number of rotatable bonds is 2. The lowest BCUT2D eigenvalue weighted by Crippen LogP contribution is -2.50. The van der Waals surface area contributed by atoms with Crippen LogP contribution in [0.2, 0.25) is 0 Å². The Balaban J connectivity index is 1.98. The number of nitrogens with zero attached hydrogens (tertiary/aromatic N) is 1. The monoisotopic (exact) mass is 240 g/mol. The number of carbonyl (C=O) groups is 1. The van der Waals surface area contributed by atoms with Crippen molar-refractivity contribution in [2.45, 2.75) is 44.4 Å². The van der Waals surface area contributed by atoms with E-state index in [9.17, 15) is 15.0 Å². The highest BCUT2D eigenvalue weighted by Crippen LogP contribution is 2.19. The van der Waals surface area contributed by atoms with Gasteiger partial charge in [-0.1, -0.05) is 5.16 Å². The van der Waals surface area contributed by atoms with E-state index in [0.29, 0.717) is 18.5 Å². The van der Waals surface area contributed by atoms with Gasteiger partial charge in [-0.05, 0) is 26.2 Å². The lowest BCUT2D eigenvalue weighted by Gasteiger charge is -2.31. The Morgan fingerprint density at radius 2 is 2.29 bits per heavy atom. The minimum Gasteiger partial charge on any atom is -0.390 e. The van der Waals surface area contributed by atoms with Gasteiger partial charge in [0.05, 0.1) is 17.8 Å². The molecule has 0 radical (unpaired) electrons. The number of aryl methyl sites for hydroxylation is 1. The largest absolute Gasteiger partial charge is 0.390 e. The molecule has 1 amide bonds. The number of aromatic nitrogens is 1. The smallest absolute Gasteiger partial charge is 0.290 e. The predicted molar refractivity (Wildman–Crippen MR) is 58.4 cm³/mol. The molecular weight excluding hydrogens is 224 g/mol. The quantitative estimate of drug-likeness (QED) is 0.675. The highest BCUT2D eigenvalue weighted by Gasteiger charge is 2.32. The topological polar surface area (TPSA) is 95.6 Å². The van der Waals surface area contributed by atoms with Gasteiger partial charge in [-0.25, -0.2) is 0 Å². The van der Waals surface area contributed by atoms with E-state index in [1.54, 1.807) is 6.92 Å². The molecule has 94 valence electrons. The first kappa shape index (κ1) is 12.1. The third-order valence-electron chi connectivity index (χ3n) is 2.99. The van der Waals surface area contributed by atoms with Crippen LogP contribution in [0, 0.1) is 6.92 Å². The van der Waals surface area contributed by atoms with Gasteiger partial charge in [-0.3, -0.25) is 4.79 Å². The summed E-state index contributed by atoms with van der Waals surface area (Å²) in [6, 6.07) is 1.10. The fourth-order valence-electron chi connectivity index (χ4n) is 2.02. The molecule has 3 atom stereocenters. The third-order valence-corrected chi connectivity index (χ3v) is 2.99. The van der Waals surface area contributed by atoms with Crippen molar-refractivity contribution in [1.29, 1.82) is 0 Å². The zero-order valence-corrected chi connectivity index (χ0v) is 9.59. The molecule has 0 aromatic carbocycles. The summed E-state index contributed by atoms with van der Waals surface area (Å²) in [7, 11) is 0. The van der Waals surface area contributed by atoms with Crippen molar-refractivity contribution in [2.75, 3.05) is 0 Å². The van der Waals surface area contributed by atoms with Gasteiger partial charge < -0.3 is 20.1 Å². The number of aliphatic hydroxyl groups excluding tert-OH is 2. The normalized spacial score (nSPS) is 29.0. The van der Waals surface area contributed by atoms with Crippen LogP contribution in [-0.4, -0.2) is 39.5 Å². The van der Waals surface area contributed by atoms with E-state index < -0.39 is 24.2 Å². The molecule has 1 aliphatic carbocycles. The van der Waals surface area contributed by atoms with E-state index in [0.717, 1.165) is 6.42 Å². The summed E-state index contributed by atoms with van der Waals surface area (Å²) in [5.41, 5.74) is 0.624. The summed E-state index contributed by atoms with van der Waals surface area (Å²) in [5.74, 6) is -0.293. The second kappa shape index (κ2) is 4.85. The molecule has 1 aliphatic rings. The first-order chi connectivity index (χ1) is 8.08. The van der Waals surface area contributed by atoms with Crippen LogP contribution in [-0.2, 0) is 0 Å². The Hall–Kier alpha value is -1.40. The number of aliphatic hydroxyl groups is 2. The number of amides is 1. The van der Waals surface area contributed by atoms with E-state index >= 15 is 0 Å². The van der Waals surface area contributed by atoms with Crippen molar-refractivity contribution in [3.8, 4) is 0 Å². The molecule has 17 heavy (non-hydrogen) atoms. The Morgan fingerprint density at radius 1 is 1.53 bits per heavy atom. The highest BCUT2D eigenvalue weighted by atomic mass is 16.5. The first-order valence-electron chi connectivity index (χ1n) is 5.68. The van der Waals surface area contributed by atoms with Crippen molar-refractivity contribution < 1.29 is 19.5 Å². The highest BCUT2D eigenvalue weighted by molar-refractivity contribution is 5.91. The van der Waals surface area contributed by atoms with E-state index in [1.807, 2.05) is 0 Å². The van der Waals surface area contributed by atoms with Crippen molar-refractivity contribution in [3.63, 3.8) is 0 Å². The van der Waals surface area contributed by atoms with Gasteiger partial charge in [0.2, 0.25) is 5.76 Å². The van der Waals surface area contributed by atoms with Crippen molar-refractivity contribution in [1.82, 2.24) is 10.5 Å². The van der Waals surface area contributed by atoms with Gasteiger partial charge in [0, 0.05) is 6.07 Å². The van der Waals surface area contributed by atoms with Gasteiger partial charge in [0.25, 0.3) is 5.91 Å². The Morgan fingerprint density at radius 3 is 2.94 bits per heavy atom. The van der Waals surface area contributed by atoms with Crippen LogP contribution >= 0.6 is 0 Å². The Bertz CT molecular complexity index is 404. The molecule has 0 bridgehead atoms. The average Bonchev–Trinajstić information content (AvgIpc) is 2.72. The summed E-state index contributed by atoms with van der Waals surface area (Å²) in [6.45, 7) is 1.72. The van der Waals surface area contributed by atoms with Crippen molar-refractivity contribution in [2.24, 2.45) is 0 Å². The second-order valence-electron chi connectivity index (χ2n) is 4.40. The van der Waals surface area contributed by atoms with Crippen molar-refractivity contribution in [3.05, 3.63) is 17.5 Å². The van der Waals surface area contributed by atoms with Crippen LogP contribution < -0.4 is 5.32 Å². The Labute approximate surface area is 98.6 Å². The molecule has 1 aromatic heterocycles. The molecule has 0 unspecified atom stereocenters. The average molecular weight is 240 g/mol. The van der Waals surface area contributed by atoms with Crippen LogP contribution in [0.15, 0.2) is 10.6 Å². The zero-order chi connectivity index (χ0) is 12.4. The molecular formula is C11H16N2O4. The summed E-state index contributed by atoms with van der Waals surface area (Å²) < 4.78 is 4.82. The maximum absolute atomic E-state index is 11.7. The fraction of sp³-hybridized carbons (Fsp3) is 0.636. The number of carbonyl (C=O) groups excluding carboxylic acids is 1. The lowest BCUT2D eigenvalue weighted by atomic mass is 9.90. The van der Waals surface area contributed by atoms with Gasteiger partial charge in [-0.15, -0.1) is 0 Å². The third kappa shape index (κ3) is 2.65. The fourth-order valence-corrected chi connectivity index (χ4v) is 2.02. The van der Waals surface area contributed by atoms with Gasteiger partial charge in [-0.2, -0.15) is 0 Å². The standard InChI is InChI=1S/C11H16N2O4/c1-6-5-9(17-13-6)11(16)12-7-3-2-4-8(14)10(7)15/h5,7-8,10,14-15H,2-4H2,1H3,(H,12,16)/t7-,8-,10-/m1/s1. The number of hydrogen-bond acceptors (Lipinski definition) is 5. The number of nitrogens with one attached hydrogen (secondary N) is 1. The van der Waals surface area contributed by atoms with E-state index in [1.165, 1.54) is 6.07 Å². The summed E-state index contributed by atoms with van der Waals surface area (Å²) >= 11 is 0. The van der Waals surface area contributed by atoms with E-state index in [2.05, 4.69) is 10.5 Å². The van der Waals surface area contributed by atoms with Crippen LogP contribution in [0.25, 0.3) is 0 Å². The molecule has 0 saturated heterocycles. The minimum atomic E-state index is -0.920. The molecule has 0 spiro atoms. The number of hydrogen-bond donors (Lipinski definition) is 3. The molecule has 2 rings (SSSR count). The van der Waals surface area contributed by atoms with Crippen LogP contribution in [0.5, 0.6) is 0 Å². The molecule has 1 aromatic rings. The maximum atomic E-state index is 11.7. The molecule has 1 fully saturated rings. The van der Waals surface area contributed by atoms with Crippen LogP contribution in [0.3, 0.4) is 0 Å². The molecule has 6 heteroatoms. The molecule has 6 nitrogen and oxygen atoms in total. The summed E-state index contributed by atoms with van der Waals surface area (Å²) in [5, 5.41) is 25.5.